The van der Waals surface area contributed by atoms with Crippen LogP contribution >= 0.6 is 0 Å². The number of piperazine rings is 1. The summed E-state index contributed by atoms with van der Waals surface area (Å²) < 4.78 is 25.7. The van der Waals surface area contributed by atoms with Crippen molar-refractivity contribution >= 4 is 21.8 Å². The first-order valence-corrected chi connectivity index (χ1v) is 10.2. The molecule has 8 heteroatoms. The van der Waals surface area contributed by atoms with Crippen LogP contribution in [-0.4, -0.2) is 79.4 Å². The van der Waals surface area contributed by atoms with Gasteiger partial charge < -0.3 is 0 Å². The van der Waals surface area contributed by atoms with Gasteiger partial charge in [0.1, 0.15) is 0 Å². The normalized spacial score (nSPS) is 19.5. The molecular weight excluding hydrogens is 342 g/mol. The van der Waals surface area contributed by atoms with E-state index in [-0.39, 0.29) is 17.6 Å². The van der Waals surface area contributed by atoms with Gasteiger partial charge in [-0.2, -0.15) is 4.31 Å². The second kappa shape index (κ2) is 7.23. The molecule has 2 heterocycles. The third-order valence-corrected chi connectivity index (χ3v) is 6.78. The highest BCUT2D eigenvalue weighted by molar-refractivity contribution is 7.89. The Labute approximate surface area is 148 Å². The van der Waals surface area contributed by atoms with Crippen LogP contribution in [0.5, 0.6) is 0 Å². The van der Waals surface area contributed by atoms with Gasteiger partial charge in [0.2, 0.25) is 10.0 Å². The second-order valence-electron chi connectivity index (χ2n) is 6.36. The minimum Gasteiger partial charge on any atom is -0.299 e. The average Bonchev–Trinajstić information content (AvgIpc) is 2.85. The Kier molecular flexibility index (Phi) is 5.21. The van der Waals surface area contributed by atoms with Gasteiger partial charge in [-0.1, -0.05) is 19.1 Å². The summed E-state index contributed by atoms with van der Waals surface area (Å²) >= 11 is 0. The molecule has 25 heavy (non-hydrogen) atoms. The largest absolute Gasteiger partial charge is 0.299 e. The fourth-order valence-electron chi connectivity index (χ4n) is 3.30. The zero-order valence-electron chi connectivity index (χ0n) is 14.3. The highest BCUT2D eigenvalue weighted by atomic mass is 32.2. The van der Waals surface area contributed by atoms with Crippen LogP contribution in [-0.2, 0) is 10.0 Å². The van der Waals surface area contributed by atoms with Gasteiger partial charge in [0.05, 0.1) is 16.9 Å². The van der Waals surface area contributed by atoms with E-state index in [0.29, 0.717) is 56.8 Å². The monoisotopic (exact) mass is 365 g/mol. The first-order valence-electron chi connectivity index (χ1n) is 8.59. The number of hydrogen-bond donors (Lipinski definition) is 0. The summed E-state index contributed by atoms with van der Waals surface area (Å²) in [4.78, 5) is 28.1. The van der Waals surface area contributed by atoms with E-state index in [1.54, 1.807) is 24.3 Å². The molecule has 0 saturated carbocycles. The molecule has 0 atom stereocenters. The lowest BCUT2D eigenvalue weighted by Gasteiger charge is -2.34. The van der Waals surface area contributed by atoms with Gasteiger partial charge in [-0.05, 0) is 18.6 Å². The van der Waals surface area contributed by atoms with Gasteiger partial charge in [0.25, 0.3) is 11.8 Å². The average molecular weight is 365 g/mol. The summed E-state index contributed by atoms with van der Waals surface area (Å²) in [7, 11) is -3.15. The van der Waals surface area contributed by atoms with Crippen LogP contribution in [0.25, 0.3) is 0 Å². The number of rotatable bonds is 6. The van der Waals surface area contributed by atoms with E-state index in [2.05, 4.69) is 4.90 Å². The summed E-state index contributed by atoms with van der Waals surface area (Å²) in [5, 5.41) is 0. The first-order chi connectivity index (χ1) is 11.9. The molecule has 7 nitrogen and oxygen atoms in total. The van der Waals surface area contributed by atoms with Crippen LogP contribution in [0.4, 0.5) is 0 Å². The molecule has 0 N–H and O–H groups in total. The molecular formula is C17H23N3O4S. The van der Waals surface area contributed by atoms with Crippen molar-refractivity contribution in [3.05, 3.63) is 35.4 Å². The number of sulfonamides is 1. The maximum absolute atomic E-state index is 12.3. The van der Waals surface area contributed by atoms with Crippen molar-refractivity contribution in [3.8, 4) is 0 Å². The number of benzene rings is 1. The van der Waals surface area contributed by atoms with Crippen LogP contribution in [0, 0.1) is 0 Å². The Morgan fingerprint density at radius 1 is 0.920 bits per heavy atom. The molecule has 0 radical (unpaired) electrons. The molecule has 136 valence electrons. The fourth-order valence-corrected chi connectivity index (χ4v) is 4.80. The zero-order chi connectivity index (χ0) is 18.0. The maximum atomic E-state index is 12.3. The lowest BCUT2D eigenvalue weighted by atomic mass is 10.1. The van der Waals surface area contributed by atoms with E-state index in [0.717, 1.165) is 0 Å². The Morgan fingerprint density at radius 2 is 1.48 bits per heavy atom. The van der Waals surface area contributed by atoms with Crippen molar-refractivity contribution in [2.45, 2.75) is 13.3 Å². The van der Waals surface area contributed by atoms with Crippen LogP contribution in [0.3, 0.4) is 0 Å². The predicted octanol–water partition coefficient (Wildman–Crippen LogP) is 0.640. The summed E-state index contributed by atoms with van der Waals surface area (Å²) in [5.41, 5.74) is 0.922. The molecule has 1 fully saturated rings. The van der Waals surface area contributed by atoms with E-state index in [1.165, 1.54) is 9.21 Å². The van der Waals surface area contributed by atoms with Gasteiger partial charge in [-0.15, -0.1) is 0 Å². The van der Waals surface area contributed by atoms with Crippen molar-refractivity contribution in [1.82, 2.24) is 14.1 Å². The quantitative estimate of drug-likeness (QED) is 0.692. The third kappa shape index (κ3) is 3.61. The molecule has 2 aliphatic rings. The number of nitrogens with zero attached hydrogens (tertiary/aromatic N) is 3. The fraction of sp³-hybridized carbons (Fsp3) is 0.529. The smallest absolute Gasteiger partial charge is 0.261 e. The number of carbonyl (C=O) groups excluding carboxylic acids is 2. The Hall–Kier alpha value is -1.77. The summed E-state index contributed by atoms with van der Waals surface area (Å²) in [6.45, 7) is 4.91. The Bertz CT molecular complexity index is 735. The van der Waals surface area contributed by atoms with E-state index in [1.807, 2.05) is 6.92 Å². The third-order valence-electron chi connectivity index (χ3n) is 4.70. The number of amides is 2. The first kappa shape index (κ1) is 18.0. The number of carbonyl (C=O) groups is 2. The summed E-state index contributed by atoms with van der Waals surface area (Å²) in [5.74, 6) is -0.309. The highest BCUT2D eigenvalue weighted by Gasteiger charge is 2.35. The molecule has 1 aromatic rings. The molecule has 0 aliphatic carbocycles. The van der Waals surface area contributed by atoms with Gasteiger partial charge >= 0.3 is 0 Å². The molecule has 0 unspecified atom stereocenters. The van der Waals surface area contributed by atoms with Crippen molar-refractivity contribution in [2.24, 2.45) is 0 Å². The Morgan fingerprint density at radius 3 is 2.00 bits per heavy atom. The molecule has 0 spiro atoms. The van der Waals surface area contributed by atoms with E-state index >= 15 is 0 Å². The van der Waals surface area contributed by atoms with Crippen LogP contribution in [0.15, 0.2) is 24.3 Å². The topological polar surface area (TPSA) is 78.0 Å². The van der Waals surface area contributed by atoms with Crippen molar-refractivity contribution in [2.75, 3.05) is 45.0 Å². The van der Waals surface area contributed by atoms with Crippen molar-refractivity contribution in [1.29, 1.82) is 0 Å². The molecule has 1 saturated heterocycles. The van der Waals surface area contributed by atoms with Gasteiger partial charge in [-0.3, -0.25) is 19.4 Å². The van der Waals surface area contributed by atoms with Gasteiger partial charge in [0.15, 0.2) is 0 Å². The molecule has 3 rings (SSSR count). The zero-order valence-corrected chi connectivity index (χ0v) is 15.2. The molecule has 2 amide bonds. The van der Waals surface area contributed by atoms with Crippen LogP contribution in [0.1, 0.15) is 34.1 Å². The Balaban J connectivity index is 1.53. The molecule has 2 aliphatic heterocycles. The minimum absolute atomic E-state index is 0.183. The molecule has 1 aromatic carbocycles. The van der Waals surface area contributed by atoms with E-state index < -0.39 is 10.0 Å². The summed E-state index contributed by atoms with van der Waals surface area (Å²) in [6.07, 6.45) is 0.613. The number of hydrogen-bond acceptors (Lipinski definition) is 5. The van der Waals surface area contributed by atoms with Crippen molar-refractivity contribution in [3.63, 3.8) is 0 Å². The number of imide groups is 1. The van der Waals surface area contributed by atoms with Crippen molar-refractivity contribution < 1.29 is 18.0 Å². The van der Waals surface area contributed by atoms with E-state index in [4.69, 9.17) is 0 Å². The SMILES string of the molecule is CCCS(=O)(=O)N1CCN(CCN2C(=O)c3ccccc3C2=O)CC1. The van der Waals surface area contributed by atoms with E-state index in [9.17, 15) is 18.0 Å². The summed E-state index contributed by atoms with van der Waals surface area (Å²) in [6, 6.07) is 6.85. The van der Waals surface area contributed by atoms with Crippen LogP contribution in [0.2, 0.25) is 0 Å². The van der Waals surface area contributed by atoms with Gasteiger partial charge in [0, 0.05) is 39.3 Å². The molecule has 0 aromatic heterocycles. The second-order valence-corrected chi connectivity index (χ2v) is 8.45. The lowest BCUT2D eigenvalue weighted by molar-refractivity contribution is 0.0628. The number of fused-ring (bicyclic) bond motifs is 1. The predicted molar refractivity (Wildman–Crippen MR) is 93.9 cm³/mol. The highest BCUT2D eigenvalue weighted by Crippen LogP contribution is 2.22. The molecule has 0 bridgehead atoms. The van der Waals surface area contributed by atoms with Gasteiger partial charge in [-0.25, -0.2) is 8.42 Å². The maximum Gasteiger partial charge on any atom is 0.261 e. The minimum atomic E-state index is -3.15. The lowest BCUT2D eigenvalue weighted by Crippen LogP contribution is -2.51. The van der Waals surface area contributed by atoms with Crippen LogP contribution < -0.4 is 0 Å². The standard InChI is InChI=1S/C17H23N3O4S/c1-2-13-25(23,24)19-10-7-18(8-11-19)9-12-20-16(21)14-5-3-4-6-15(14)17(20)22/h3-6H,2,7-13H2,1H3.